The third-order valence-electron chi connectivity index (χ3n) is 12.1. The Bertz CT molecular complexity index is 3510. The van der Waals surface area contributed by atoms with E-state index in [-0.39, 0.29) is 0 Å². The molecule has 0 fully saturated rings. The number of rotatable bonds is 5. The minimum atomic E-state index is 0.530. The first-order chi connectivity index (χ1) is 30.2. The van der Waals surface area contributed by atoms with Crippen LogP contribution >= 0.6 is 0 Å². The molecular formula is C55H32N6. The van der Waals surface area contributed by atoms with Gasteiger partial charge < -0.3 is 13.7 Å². The van der Waals surface area contributed by atoms with Crippen molar-refractivity contribution >= 4 is 65.4 Å². The summed E-state index contributed by atoms with van der Waals surface area (Å²) < 4.78 is 6.88. The quantitative estimate of drug-likeness (QED) is 0.175. The second-order valence-electron chi connectivity index (χ2n) is 15.4. The molecule has 282 valence electrons. The third kappa shape index (κ3) is 5.17. The molecule has 4 heterocycles. The van der Waals surface area contributed by atoms with Gasteiger partial charge in [-0.25, -0.2) is 4.98 Å². The predicted octanol–water partition coefficient (Wildman–Crippen LogP) is 13.5. The molecule has 0 aliphatic carbocycles. The van der Waals surface area contributed by atoms with E-state index in [0.29, 0.717) is 22.5 Å². The molecule has 0 N–H and O–H groups in total. The molecule has 0 bridgehead atoms. The first-order valence-corrected chi connectivity index (χ1v) is 20.3. The maximum Gasteiger partial charge on any atom is 0.0991 e. The van der Waals surface area contributed by atoms with Crippen LogP contribution in [0.2, 0.25) is 0 Å². The maximum atomic E-state index is 10.4. The fourth-order valence-electron chi connectivity index (χ4n) is 9.50. The molecule has 6 nitrogen and oxygen atoms in total. The van der Waals surface area contributed by atoms with Crippen LogP contribution in [0.4, 0.5) is 0 Å². The van der Waals surface area contributed by atoms with E-state index >= 15 is 0 Å². The van der Waals surface area contributed by atoms with Crippen molar-refractivity contribution in [2.45, 2.75) is 0 Å². The summed E-state index contributed by atoms with van der Waals surface area (Å²) in [4.78, 5) is 5.60. The van der Waals surface area contributed by atoms with Gasteiger partial charge >= 0.3 is 0 Å². The monoisotopic (exact) mass is 776 g/mol. The highest BCUT2D eigenvalue weighted by atomic mass is 15.0. The highest BCUT2D eigenvalue weighted by Crippen LogP contribution is 2.41. The van der Waals surface area contributed by atoms with E-state index in [1.54, 1.807) is 0 Å². The molecule has 6 heteroatoms. The summed E-state index contributed by atoms with van der Waals surface area (Å²) in [6.45, 7) is 0. The van der Waals surface area contributed by atoms with Crippen LogP contribution in [0.25, 0.3) is 105 Å². The van der Waals surface area contributed by atoms with Crippen molar-refractivity contribution in [2.75, 3.05) is 0 Å². The summed E-state index contributed by atoms with van der Waals surface area (Å²) in [6.07, 6.45) is 0. The molecule has 0 aliphatic heterocycles. The number of fused-ring (bicyclic) bond motifs is 9. The molecule has 8 aromatic carbocycles. The highest BCUT2D eigenvalue weighted by Gasteiger charge is 2.22. The third-order valence-corrected chi connectivity index (χ3v) is 12.1. The van der Waals surface area contributed by atoms with Crippen LogP contribution in [-0.4, -0.2) is 18.7 Å². The first kappa shape index (κ1) is 34.3. The van der Waals surface area contributed by atoms with E-state index < -0.39 is 0 Å². The highest BCUT2D eigenvalue weighted by molar-refractivity contribution is 6.12. The van der Waals surface area contributed by atoms with Crippen LogP contribution in [0.15, 0.2) is 194 Å². The lowest BCUT2D eigenvalue weighted by Crippen LogP contribution is -2.04. The zero-order chi connectivity index (χ0) is 40.6. The lowest BCUT2D eigenvalue weighted by atomic mass is 10.0. The van der Waals surface area contributed by atoms with E-state index in [1.807, 2.05) is 36.4 Å². The average Bonchev–Trinajstić information content (AvgIpc) is 3.97. The van der Waals surface area contributed by atoms with E-state index in [0.717, 1.165) is 93.6 Å². The molecule has 0 aliphatic rings. The summed E-state index contributed by atoms with van der Waals surface area (Å²) in [5.41, 5.74) is 13.1. The van der Waals surface area contributed by atoms with Gasteiger partial charge in [0.15, 0.2) is 0 Å². The fourth-order valence-corrected chi connectivity index (χ4v) is 9.50. The molecule has 61 heavy (non-hydrogen) atoms. The number of pyridine rings is 1. The summed E-state index contributed by atoms with van der Waals surface area (Å²) in [5.74, 6) is 0. The van der Waals surface area contributed by atoms with Crippen molar-refractivity contribution in [3.8, 4) is 51.7 Å². The molecule has 0 atom stereocenters. The van der Waals surface area contributed by atoms with E-state index in [2.05, 4.69) is 184 Å². The van der Waals surface area contributed by atoms with Gasteiger partial charge in [-0.1, -0.05) is 109 Å². The molecule has 12 aromatic rings. The van der Waals surface area contributed by atoms with Gasteiger partial charge in [0.2, 0.25) is 0 Å². The zero-order valence-electron chi connectivity index (χ0n) is 32.7. The van der Waals surface area contributed by atoms with Crippen molar-refractivity contribution in [3.05, 3.63) is 205 Å². The molecule has 0 spiro atoms. The molecule has 12 rings (SSSR count). The van der Waals surface area contributed by atoms with Gasteiger partial charge in [0.25, 0.3) is 0 Å². The number of nitriles is 2. The Morgan fingerprint density at radius 2 is 0.623 bits per heavy atom. The number of para-hydroxylation sites is 6. The Balaban J connectivity index is 1.22. The van der Waals surface area contributed by atoms with E-state index in [4.69, 9.17) is 4.98 Å². The lowest BCUT2D eigenvalue weighted by Gasteiger charge is -2.19. The minimum Gasteiger partial charge on any atom is -0.309 e. The average molecular weight is 777 g/mol. The molecule has 0 saturated heterocycles. The molecule has 0 amide bonds. The van der Waals surface area contributed by atoms with Crippen LogP contribution in [0.1, 0.15) is 11.1 Å². The normalized spacial score (nSPS) is 11.6. The number of hydrogen-bond donors (Lipinski definition) is 0. The van der Waals surface area contributed by atoms with Gasteiger partial charge in [-0.3, -0.25) is 0 Å². The van der Waals surface area contributed by atoms with Crippen LogP contribution in [0.3, 0.4) is 0 Å². The van der Waals surface area contributed by atoms with Gasteiger partial charge in [0.1, 0.15) is 0 Å². The van der Waals surface area contributed by atoms with Crippen LogP contribution in [0, 0.1) is 22.7 Å². The van der Waals surface area contributed by atoms with Gasteiger partial charge in [0, 0.05) is 43.4 Å². The Labute approximate surface area is 350 Å². The van der Waals surface area contributed by atoms with Gasteiger partial charge in [-0.05, 0) is 84.9 Å². The number of aromatic nitrogens is 4. The molecule has 0 unspecified atom stereocenters. The minimum absolute atomic E-state index is 0.530. The Morgan fingerprint density at radius 3 is 0.934 bits per heavy atom. The number of hydrogen-bond acceptors (Lipinski definition) is 3. The van der Waals surface area contributed by atoms with Crippen molar-refractivity contribution in [1.82, 2.24) is 18.7 Å². The smallest absolute Gasteiger partial charge is 0.0991 e. The SMILES string of the molecule is N#Cc1ccc(-n2c3ccccc3c3ccccc32)c(-c2cc(-n3c4ccccc4c4ccccc43)cc(-c3cc(C#N)ccc3-n3c4ccccc4c4ccccc43)n2)c1. The second-order valence-corrected chi connectivity index (χ2v) is 15.4. The summed E-state index contributed by atoms with van der Waals surface area (Å²) in [5, 5.41) is 27.7. The number of nitrogens with zero attached hydrogens (tertiary/aromatic N) is 6. The van der Waals surface area contributed by atoms with Crippen molar-refractivity contribution in [2.24, 2.45) is 0 Å². The fraction of sp³-hybridized carbons (Fsp3) is 0. The van der Waals surface area contributed by atoms with Crippen molar-refractivity contribution < 1.29 is 0 Å². The van der Waals surface area contributed by atoms with Crippen molar-refractivity contribution in [3.63, 3.8) is 0 Å². The molecule has 0 radical (unpaired) electrons. The topological polar surface area (TPSA) is 75.3 Å². The summed E-state index contributed by atoms with van der Waals surface area (Å²) >= 11 is 0. The maximum absolute atomic E-state index is 10.4. The Kier molecular flexibility index (Phi) is 7.56. The van der Waals surface area contributed by atoms with Crippen molar-refractivity contribution in [1.29, 1.82) is 10.5 Å². The van der Waals surface area contributed by atoms with Crippen LogP contribution < -0.4 is 0 Å². The van der Waals surface area contributed by atoms with Crippen LogP contribution in [-0.2, 0) is 0 Å². The first-order valence-electron chi connectivity index (χ1n) is 20.3. The summed E-state index contributed by atoms with van der Waals surface area (Å²) in [6, 6.07) is 71.7. The van der Waals surface area contributed by atoms with Gasteiger partial charge in [-0.15, -0.1) is 0 Å². The van der Waals surface area contributed by atoms with Crippen LogP contribution in [0.5, 0.6) is 0 Å². The lowest BCUT2D eigenvalue weighted by molar-refractivity contribution is 1.14. The van der Waals surface area contributed by atoms with Gasteiger partial charge in [-0.2, -0.15) is 10.5 Å². The molecule has 4 aromatic heterocycles. The Morgan fingerprint density at radius 1 is 0.328 bits per heavy atom. The Hall–Kier alpha value is -8.71. The van der Waals surface area contributed by atoms with Gasteiger partial charge in [0.05, 0.1) is 84.8 Å². The standard InChI is InChI=1S/C55H32N6/c56-33-35-25-27-54(60-50-21-9-3-15-40(50)41-16-4-10-22-51(41)60)44(29-35)46-31-37(59-48-19-7-1-13-38(48)39-14-2-8-20-49(39)59)32-47(58-46)45-30-36(34-57)26-28-55(45)61-52-23-11-5-17-42(52)43-18-6-12-24-53(43)61/h1-32H. The second kappa shape index (κ2) is 13.4. The van der Waals surface area contributed by atoms with E-state index in [1.165, 1.54) is 0 Å². The largest absolute Gasteiger partial charge is 0.309 e. The van der Waals surface area contributed by atoms with E-state index in [9.17, 15) is 10.5 Å². The molecular weight excluding hydrogens is 745 g/mol. The summed E-state index contributed by atoms with van der Waals surface area (Å²) in [7, 11) is 0. The predicted molar refractivity (Wildman–Crippen MR) is 248 cm³/mol. The zero-order valence-corrected chi connectivity index (χ0v) is 32.7. The molecule has 0 saturated carbocycles. The number of benzene rings is 8.